The maximum absolute atomic E-state index is 6.60. The summed E-state index contributed by atoms with van der Waals surface area (Å²) in [6, 6.07) is 72.6. The van der Waals surface area contributed by atoms with E-state index in [9.17, 15) is 0 Å². The van der Waals surface area contributed by atoms with Gasteiger partial charge in [0.05, 0.1) is 22.4 Å². The Bertz CT molecular complexity index is 3200. The Morgan fingerprint density at radius 3 is 1.57 bits per heavy atom. The number of para-hydroxylation sites is 5. The monoisotopic (exact) mass is 718 g/mol. The van der Waals surface area contributed by atoms with E-state index >= 15 is 0 Å². The molecular formula is C52H34N2O2. The molecule has 0 amide bonds. The maximum Gasteiger partial charge on any atom is 0.159 e. The zero-order chi connectivity index (χ0) is 37.0. The van der Waals surface area contributed by atoms with Crippen LogP contribution in [0.4, 0.5) is 34.1 Å². The molecule has 0 N–H and O–H groups in total. The molecule has 0 spiro atoms. The van der Waals surface area contributed by atoms with E-state index in [1.807, 2.05) is 24.3 Å². The highest BCUT2D eigenvalue weighted by atomic mass is 16.3. The average Bonchev–Trinajstić information content (AvgIpc) is 3.85. The van der Waals surface area contributed by atoms with Gasteiger partial charge in [0.15, 0.2) is 5.58 Å². The Balaban J connectivity index is 1.05. The molecule has 4 nitrogen and oxygen atoms in total. The van der Waals surface area contributed by atoms with Crippen molar-refractivity contribution in [1.29, 1.82) is 0 Å². The second-order valence-electron chi connectivity index (χ2n) is 14.1. The van der Waals surface area contributed by atoms with E-state index in [0.29, 0.717) is 0 Å². The molecule has 0 atom stereocenters. The molecule has 9 aromatic carbocycles. The number of hydrogen-bond donors (Lipinski definition) is 0. The summed E-state index contributed by atoms with van der Waals surface area (Å²) in [6.07, 6.45) is 0. The molecular weight excluding hydrogens is 685 g/mol. The molecule has 11 rings (SSSR count). The van der Waals surface area contributed by atoms with Gasteiger partial charge in [-0.05, 0) is 89.3 Å². The first kappa shape index (κ1) is 31.9. The van der Waals surface area contributed by atoms with Crippen LogP contribution in [0.25, 0.3) is 65.8 Å². The lowest BCUT2D eigenvalue weighted by atomic mass is 9.96. The van der Waals surface area contributed by atoms with Gasteiger partial charge in [-0.1, -0.05) is 133 Å². The van der Waals surface area contributed by atoms with Crippen molar-refractivity contribution in [1.82, 2.24) is 0 Å². The van der Waals surface area contributed by atoms with Crippen molar-refractivity contribution in [2.24, 2.45) is 0 Å². The SMILES string of the molecule is c1ccc(N(c2ccc(-c3ccc(N(c4ccccc4)c4cccc5oc6ccccc6c45)cc3)c3ccccc23)c2cccc3c2oc2ccccc23)cc1. The number of fused-ring (bicyclic) bond motifs is 7. The van der Waals surface area contributed by atoms with Gasteiger partial charge in [0.25, 0.3) is 0 Å². The van der Waals surface area contributed by atoms with Crippen LogP contribution in [0.3, 0.4) is 0 Å². The van der Waals surface area contributed by atoms with Crippen molar-refractivity contribution in [2.75, 3.05) is 9.80 Å². The zero-order valence-electron chi connectivity index (χ0n) is 30.3. The topological polar surface area (TPSA) is 32.8 Å². The number of benzene rings is 9. The fourth-order valence-electron chi connectivity index (χ4n) is 8.36. The lowest BCUT2D eigenvalue weighted by Crippen LogP contribution is -2.11. The third-order valence-electron chi connectivity index (χ3n) is 10.9. The number of hydrogen-bond acceptors (Lipinski definition) is 4. The molecule has 0 bridgehead atoms. The molecule has 56 heavy (non-hydrogen) atoms. The minimum atomic E-state index is 0.864. The molecule has 4 heteroatoms. The summed E-state index contributed by atoms with van der Waals surface area (Å²) >= 11 is 0. The molecule has 2 heterocycles. The lowest BCUT2D eigenvalue weighted by Gasteiger charge is -2.28. The van der Waals surface area contributed by atoms with Crippen LogP contribution in [0.2, 0.25) is 0 Å². The normalized spacial score (nSPS) is 11.6. The lowest BCUT2D eigenvalue weighted by molar-refractivity contribution is 0.668. The zero-order valence-corrected chi connectivity index (χ0v) is 30.3. The van der Waals surface area contributed by atoms with E-state index in [4.69, 9.17) is 8.83 Å². The van der Waals surface area contributed by atoms with Crippen LogP contribution < -0.4 is 9.80 Å². The summed E-state index contributed by atoms with van der Waals surface area (Å²) in [5, 5.41) is 6.73. The highest BCUT2D eigenvalue weighted by molar-refractivity contribution is 6.14. The van der Waals surface area contributed by atoms with Crippen molar-refractivity contribution in [3.05, 3.63) is 206 Å². The third kappa shape index (κ3) is 5.15. The van der Waals surface area contributed by atoms with E-state index in [0.717, 1.165) is 89.0 Å². The van der Waals surface area contributed by atoms with Crippen LogP contribution in [0.5, 0.6) is 0 Å². The van der Waals surface area contributed by atoms with Gasteiger partial charge >= 0.3 is 0 Å². The van der Waals surface area contributed by atoms with Gasteiger partial charge < -0.3 is 18.6 Å². The van der Waals surface area contributed by atoms with Crippen molar-refractivity contribution in [2.45, 2.75) is 0 Å². The summed E-state index contributed by atoms with van der Waals surface area (Å²) in [7, 11) is 0. The first-order chi connectivity index (χ1) is 27.8. The van der Waals surface area contributed by atoms with Crippen LogP contribution in [0, 0.1) is 0 Å². The number of anilines is 6. The molecule has 0 fully saturated rings. The van der Waals surface area contributed by atoms with Gasteiger partial charge in [0.2, 0.25) is 0 Å². The van der Waals surface area contributed by atoms with Crippen molar-refractivity contribution >= 4 is 88.8 Å². The number of nitrogens with zero attached hydrogens (tertiary/aromatic N) is 2. The smallest absolute Gasteiger partial charge is 0.159 e. The van der Waals surface area contributed by atoms with Crippen LogP contribution in [-0.2, 0) is 0 Å². The largest absolute Gasteiger partial charge is 0.456 e. The first-order valence-corrected chi connectivity index (χ1v) is 18.9. The summed E-state index contributed by atoms with van der Waals surface area (Å²) in [6.45, 7) is 0. The Labute approximate surface area is 323 Å². The Kier molecular flexibility index (Phi) is 7.46. The predicted molar refractivity (Wildman–Crippen MR) is 233 cm³/mol. The van der Waals surface area contributed by atoms with Gasteiger partial charge in [-0.2, -0.15) is 0 Å². The molecule has 11 aromatic rings. The van der Waals surface area contributed by atoms with Gasteiger partial charge in [-0.3, -0.25) is 0 Å². The minimum absolute atomic E-state index is 0.864. The van der Waals surface area contributed by atoms with Crippen LogP contribution in [0.15, 0.2) is 215 Å². The standard InChI is InChI=1S/C52H34N2O2/c1-3-15-36(16-4-1)53(46-24-14-28-50-51(46)44-22-10-12-27-49(44)55-50)38-31-29-35(30-32-38)39-33-34-45(41-20-8-7-19-40(39)41)54(37-17-5-2-6-18-37)47-25-13-23-43-42-21-9-11-26-48(42)56-52(43)47/h1-34H. The minimum Gasteiger partial charge on any atom is -0.456 e. The van der Waals surface area contributed by atoms with Crippen LogP contribution in [-0.4, -0.2) is 0 Å². The van der Waals surface area contributed by atoms with Crippen molar-refractivity contribution < 1.29 is 8.83 Å². The number of rotatable bonds is 7. The molecule has 0 unspecified atom stereocenters. The Hall–Kier alpha value is -7.56. The Morgan fingerprint density at radius 2 is 0.821 bits per heavy atom. The van der Waals surface area contributed by atoms with Crippen LogP contribution in [0.1, 0.15) is 0 Å². The molecule has 2 aromatic heterocycles. The highest BCUT2D eigenvalue weighted by Gasteiger charge is 2.23. The summed E-state index contributed by atoms with van der Waals surface area (Å²) in [5.74, 6) is 0. The predicted octanol–water partition coefficient (Wildman–Crippen LogP) is 15.2. The fourth-order valence-corrected chi connectivity index (χ4v) is 8.36. The van der Waals surface area contributed by atoms with E-state index in [1.54, 1.807) is 0 Å². The highest BCUT2D eigenvalue weighted by Crippen LogP contribution is 2.47. The first-order valence-electron chi connectivity index (χ1n) is 18.9. The molecule has 0 radical (unpaired) electrons. The summed E-state index contributed by atoms with van der Waals surface area (Å²) < 4.78 is 12.9. The third-order valence-corrected chi connectivity index (χ3v) is 10.9. The summed E-state index contributed by atoms with van der Waals surface area (Å²) in [4.78, 5) is 4.66. The molecule has 0 aliphatic carbocycles. The van der Waals surface area contributed by atoms with E-state index < -0.39 is 0 Å². The molecule has 0 saturated heterocycles. The Morgan fingerprint density at radius 1 is 0.286 bits per heavy atom. The second-order valence-corrected chi connectivity index (χ2v) is 14.1. The van der Waals surface area contributed by atoms with Crippen molar-refractivity contribution in [3.63, 3.8) is 0 Å². The molecule has 0 aliphatic rings. The van der Waals surface area contributed by atoms with Gasteiger partial charge in [-0.15, -0.1) is 0 Å². The fraction of sp³-hybridized carbons (Fsp3) is 0. The second kappa shape index (κ2) is 13.1. The van der Waals surface area contributed by atoms with Gasteiger partial charge in [0.1, 0.15) is 16.7 Å². The average molecular weight is 719 g/mol. The summed E-state index contributed by atoms with van der Waals surface area (Å²) in [5.41, 5.74) is 12.1. The van der Waals surface area contributed by atoms with Gasteiger partial charge in [-0.25, -0.2) is 0 Å². The molecule has 0 aliphatic heterocycles. The van der Waals surface area contributed by atoms with E-state index in [1.165, 1.54) is 10.9 Å². The number of furan rings is 2. The van der Waals surface area contributed by atoms with E-state index in [2.05, 4.69) is 192 Å². The van der Waals surface area contributed by atoms with Gasteiger partial charge in [0, 0.05) is 38.6 Å². The van der Waals surface area contributed by atoms with E-state index in [-0.39, 0.29) is 0 Å². The van der Waals surface area contributed by atoms with Crippen LogP contribution >= 0.6 is 0 Å². The molecule has 264 valence electrons. The quantitative estimate of drug-likeness (QED) is 0.164. The molecule has 0 saturated carbocycles. The van der Waals surface area contributed by atoms with Crippen molar-refractivity contribution in [3.8, 4) is 11.1 Å². The maximum atomic E-state index is 6.60.